The van der Waals surface area contributed by atoms with Gasteiger partial charge in [0.15, 0.2) is 0 Å². The Bertz CT molecular complexity index is 408. The molecule has 1 aromatic rings. The van der Waals surface area contributed by atoms with Crippen molar-refractivity contribution in [2.45, 2.75) is 6.92 Å². The average Bonchev–Trinajstić information content (AvgIpc) is 2.26. The van der Waals surface area contributed by atoms with E-state index in [9.17, 15) is 4.79 Å². The molecular weight excluding hydrogens is 216 g/mol. The van der Waals surface area contributed by atoms with E-state index in [4.69, 9.17) is 5.11 Å². The number of benzene rings is 1. The fraction of sp³-hybridized carbons (Fsp3) is 0.308. The van der Waals surface area contributed by atoms with Crippen LogP contribution in [-0.4, -0.2) is 31.7 Å². The average molecular weight is 234 g/mol. The molecule has 17 heavy (non-hydrogen) atoms. The number of hydrogen-bond acceptors (Lipinski definition) is 3. The van der Waals surface area contributed by atoms with E-state index in [1.165, 1.54) is 6.08 Å². The standard InChI is InChI=1S/C13H18N2O2/c1-10(8-13(16)17)9-14-11-4-6-12(7-5-11)15(2)3/h4-8,14H,9H2,1-3H3,(H,16,17)/b10-8+. The molecule has 0 saturated heterocycles. The Morgan fingerprint density at radius 3 is 2.41 bits per heavy atom. The van der Waals surface area contributed by atoms with Gasteiger partial charge in [0.05, 0.1) is 0 Å². The Balaban J connectivity index is 2.56. The molecule has 0 amide bonds. The first-order chi connectivity index (χ1) is 7.99. The van der Waals surface area contributed by atoms with Crippen LogP contribution >= 0.6 is 0 Å². The van der Waals surface area contributed by atoms with Crippen molar-refractivity contribution < 1.29 is 9.90 Å². The molecule has 0 saturated carbocycles. The molecule has 1 rings (SSSR count). The molecule has 0 aliphatic rings. The topological polar surface area (TPSA) is 52.6 Å². The van der Waals surface area contributed by atoms with Crippen molar-refractivity contribution >= 4 is 17.3 Å². The van der Waals surface area contributed by atoms with Gasteiger partial charge in [-0.3, -0.25) is 0 Å². The van der Waals surface area contributed by atoms with Gasteiger partial charge in [-0.2, -0.15) is 0 Å². The van der Waals surface area contributed by atoms with Gasteiger partial charge >= 0.3 is 5.97 Å². The summed E-state index contributed by atoms with van der Waals surface area (Å²) in [5.41, 5.74) is 2.90. The smallest absolute Gasteiger partial charge is 0.328 e. The van der Waals surface area contributed by atoms with Crippen LogP contribution in [0.1, 0.15) is 6.92 Å². The summed E-state index contributed by atoms with van der Waals surface area (Å²) >= 11 is 0. The summed E-state index contributed by atoms with van der Waals surface area (Å²) in [6, 6.07) is 7.98. The molecule has 0 atom stereocenters. The molecule has 4 heteroatoms. The van der Waals surface area contributed by atoms with Gasteiger partial charge in [-0.1, -0.05) is 0 Å². The molecule has 0 aliphatic carbocycles. The molecule has 0 aromatic heterocycles. The van der Waals surface area contributed by atoms with Crippen molar-refractivity contribution in [1.82, 2.24) is 0 Å². The van der Waals surface area contributed by atoms with Crippen molar-refractivity contribution in [2.24, 2.45) is 0 Å². The van der Waals surface area contributed by atoms with Crippen molar-refractivity contribution in [2.75, 3.05) is 30.9 Å². The fourth-order valence-corrected chi connectivity index (χ4v) is 1.38. The van der Waals surface area contributed by atoms with Crippen molar-refractivity contribution in [1.29, 1.82) is 0 Å². The van der Waals surface area contributed by atoms with Gasteiger partial charge in [0.1, 0.15) is 0 Å². The Morgan fingerprint density at radius 1 is 1.35 bits per heavy atom. The number of carbonyl (C=O) groups is 1. The Morgan fingerprint density at radius 2 is 1.94 bits per heavy atom. The molecule has 1 aromatic carbocycles. The van der Waals surface area contributed by atoms with E-state index in [0.717, 1.165) is 16.9 Å². The van der Waals surface area contributed by atoms with Crippen molar-refractivity contribution in [3.05, 3.63) is 35.9 Å². The summed E-state index contributed by atoms with van der Waals surface area (Å²) in [6.07, 6.45) is 1.21. The first-order valence-corrected chi connectivity index (χ1v) is 5.40. The maximum atomic E-state index is 10.4. The third-order valence-corrected chi connectivity index (χ3v) is 2.32. The largest absolute Gasteiger partial charge is 0.478 e. The van der Waals surface area contributed by atoms with E-state index in [1.54, 1.807) is 6.92 Å². The number of aliphatic carboxylic acids is 1. The highest BCUT2D eigenvalue weighted by atomic mass is 16.4. The molecule has 4 nitrogen and oxygen atoms in total. The van der Waals surface area contributed by atoms with Crippen LogP contribution in [-0.2, 0) is 4.79 Å². The van der Waals surface area contributed by atoms with Gasteiger partial charge in [0, 0.05) is 38.1 Å². The first-order valence-electron chi connectivity index (χ1n) is 5.40. The zero-order valence-corrected chi connectivity index (χ0v) is 10.4. The zero-order valence-electron chi connectivity index (χ0n) is 10.4. The van der Waals surface area contributed by atoms with Crippen LogP contribution in [0.5, 0.6) is 0 Å². The molecule has 2 N–H and O–H groups in total. The number of nitrogens with zero attached hydrogens (tertiary/aromatic N) is 1. The van der Waals surface area contributed by atoms with Crippen molar-refractivity contribution in [3.63, 3.8) is 0 Å². The van der Waals surface area contributed by atoms with E-state index in [2.05, 4.69) is 5.32 Å². The number of nitrogens with one attached hydrogen (secondary N) is 1. The summed E-state index contributed by atoms with van der Waals surface area (Å²) in [5.74, 6) is -0.910. The molecule has 0 fully saturated rings. The monoisotopic (exact) mass is 234 g/mol. The van der Waals surface area contributed by atoms with Gasteiger partial charge in [0.25, 0.3) is 0 Å². The molecule has 0 heterocycles. The van der Waals surface area contributed by atoms with Gasteiger partial charge in [-0.15, -0.1) is 0 Å². The maximum absolute atomic E-state index is 10.4. The second-order valence-corrected chi connectivity index (χ2v) is 4.12. The summed E-state index contributed by atoms with van der Waals surface area (Å²) in [7, 11) is 3.98. The lowest BCUT2D eigenvalue weighted by atomic mass is 10.2. The summed E-state index contributed by atoms with van der Waals surface area (Å²) in [4.78, 5) is 12.5. The quantitative estimate of drug-likeness (QED) is 0.767. The lowest BCUT2D eigenvalue weighted by Gasteiger charge is -2.13. The second-order valence-electron chi connectivity index (χ2n) is 4.12. The Labute approximate surface area is 102 Å². The SMILES string of the molecule is C/C(=C\C(=O)O)CNc1ccc(N(C)C)cc1. The lowest BCUT2D eigenvalue weighted by Crippen LogP contribution is -2.09. The Kier molecular flexibility index (Phi) is 4.57. The molecule has 0 spiro atoms. The second kappa shape index (κ2) is 5.94. The van der Waals surface area contributed by atoms with Crippen LogP contribution in [0, 0.1) is 0 Å². The van der Waals surface area contributed by atoms with Crippen LogP contribution in [0.2, 0.25) is 0 Å². The highest BCUT2D eigenvalue weighted by molar-refractivity contribution is 5.80. The predicted octanol–water partition coefficient (Wildman–Crippen LogP) is 2.20. The predicted molar refractivity (Wildman–Crippen MR) is 70.7 cm³/mol. The number of hydrogen-bond donors (Lipinski definition) is 2. The van der Waals surface area contributed by atoms with E-state index in [-0.39, 0.29) is 0 Å². The van der Waals surface area contributed by atoms with Crippen molar-refractivity contribution in [3.8, 4) is 0 Å². The van der Waals surface area contributed by atoms with E-state index < -0.39 is 5.97 Å². The minimum Gasteiger partial charge on any atom is -0.478 e. The third-order valence-electron chi connectivity index (χ3n) is 2.32. The third kappa shape index (κ3) is 4.59. The summed E-state index contributed by atoms with van der Waals surface area (Å²) in [5, 5.41) is 11.7. The molecule has 92 valence electrons. The molecule has 0 unspecified atom stereocenters. The van der Waals surface area contributed by atoms with Crippen LogP contribution in [0.15, 0.2) is 35.9 Å². The molecular formula is C13H18N2O2. The van der Waals surface area contributed by atoms with Crippen LogP contribution in [0.4, 0.5) is 11.4 Å². The number of carboxylic acids is 1. The van der Waals surface area contributed by atoms with Crippen LogP contribution in [0.25, 0.3) is 0 Å². The molecule has 0 aliphatic heterocycles. The number of carboxylic acid groups (broad SMARTS) is 1. The molecule has 0 bridgehead atoms. The normalized spacial score (nSPS) is 11.1. The molecule has 0 radical (unpaired) electrons. The van der Waals surface area contributed by atoms with Gasteiger partial charge < -0.3 is 15.3 Å². The van der Waals surface area contributed by atoms with E-state index in [1.807, 2.05) is 43.3 Å². The summed E-state index contributed by atoms with van der Waals surface area (Å²) < 4.78 is 0. The minimum absolute atomic E-state index is 0.535. The zero-order chi connectivity index (χ0) is 12.8. The van der Waals surface area contributed by atoms with Gasteiger partial charge in [-0.05, 0) is 36.8 Å². The summed E-state index contributed by atoms with van der Waals surface area (Å²) in [6.45, 7) is 2.32. The fourth-order valence-electron chi connectivity index (χ4n) is 1.38. The number of anilines is 2. The Hall–Kier alpha value is -1.97. The van der Waals surface area contributed by atoms with Crippen LogP contribution < -0.4 is 10.2 Å². The highest BCUT2D eigenvalue weighted by Gasteiger charge is 1.97. The lowest BCUT2D eigenvalue weighted by molar-refractivity contribution is -0.131. The van der Waals surface area contributed by atoms with Crippen LogP contribution in [0.3, 0.4) is 0 Å². The van der Waals surface area contributed by atoms with Gasteiger partial charge in [-0.25, -0.2) is 4.79 Å². The van der Waals surface area contributed by atoms with Gasteiger partial charge in [0.2, 0.25) is 0 Å². The highest BCUT2D eigenvalue weighted by Crippen LogP contribution is 2.15. The number of rotatable bonds is 5. The van der Waals surface area contributed by atoms with E-state index in [0.29, 0.717) is 6.54 Å². The maximum Gasteiger partial charge on any atom is 0.328 e. The minimum atomic E-state index is -0.910. The van der Waals surface area contributed by atoms with E-state index >= 15 is 0 Å². The first kappa shape index (κ1) is 13.1.